The molecule has 3 N–H and O–H groups in total. The lowest BCUT2D eigenvalue weighted by Gasteiger charge is -2.24. The molecule has 51 heavy (non-hydrogen) atoms. The molecule has 272 valence electrons. The minimum Gasteiger partial charge on any atom is -0.448 e. The van der Waals surface area contributed by atoms with Crippen molar-refractivity contribution in [2.45, 2.75) is 59.2 Å². The molecule has 0 aliphatic heterocycles. The summed E-state index contributed by atoms with van der Waals surface area (Å²) in [6.07, 6.45) is 3.67. The van der Waals surface area contributed by atoms with Crippen molar-refractivity contribution in [2.24, 2.45) is 15.7 Å². The van der Waals surface area contributed by atoms with Crippen molar-refractivity contribution in [1.82, 2.24) is 4.98 Å². The highest BCUT2D eigenvalue weighted by Crippen LogP contribution is 2.20. The van der Waals surface area contributed by atoms with Gasteiger partial charge in [-0.05, 0) is 67.1 Å². The zero-order valence-corrected chi connectivity index (χ0v) is 29.8. The van der Waals surface area contributed by atoms with Gasteiger partial charge in [0.05, 0.1) is 19.6 Å². The lowest BCUT2D eigenvalue weighted by atomic mass is 10.1. The Morgan fingerprint density at radius 3 is 2.27 bits per heavy atom. The van der Waals surface area contributed by atoms with Gasteiger partial charge in [-0.25, -0.2) is 9.78 Å². The molecule has 0 saturated heterocycles. The van der Waals surface area contributed by atoms with Gasteiger partial charge in [0, 0.05) is 63.2 Å². The first kappa shape index (κ1) is 39.6. The van der Waals surface area contributed by atoms with E-state index in [1.807, 2.05) is 24.1 Å². The lowest BCUT2D eigenvalue weighted by Crippen LogP contribution is -2.35. The van der Waals surface area contributed by atoms with Crippen LogP contribution in [0, 0.1) is 0 Å². The summed E-state index contributed by atoms with van der Waals surface area (Å²) >= 11 is 0. The number of hydrogen-bond donors (Lipinski definition) is 2. The molecule has 0 bridgehead atoms. The number of likely N-dealkylation sites (N-methyl/N-ethyl adjacent to an activating group) is 1. The molecule has 2 amide bonds. The number of nitrogens with one attached hydrogen (secondary N) is 1. The van der Waals surface area contributed by atoms with E-state index in [-0.39, 0.29) is 24.7 Å². The topological polar surface area (TPSA) is 178 Å². The molecule has 0 fully saturated rings. The van der Waals surface area contributed by atoms with Crippen LogP contribution in [0.1, 0.15) is 68.8 Å². The van der Waals surface area contributed by atoms with Gasteiger partial charge in [-0.1, -0.05) is 32.3 Å². The fraction of sp³-hybridized carbons (Fsp3) is 0.378. The van der Waals surface area contributed by atoms with Crippen LogP contribution >= 0.6 is 0 Å². The predicted molar refractivity (Wildman–Crippen MR) is 197 cm³/mol. The zero-order valence-electron chi connectivity index (χ0n) is 29.8. The summed E-state index contributed by atoms with van der Waals surface area (Å²) in [6.45, 7) is 5.48. The molecule has 0 aliphatic carbocycles. The highest BCUT2D eigenvalue weighted by Gasteiger charge is 2.22. The van der Waals surface area contributed by atoms with Crippen molar-refractivity contribution in [1.29, 1.82) is 0 Å². The average molecular weight is 702 g/mol. The van der Waals surface area contributed by atoms with Crippen molar-refractivity contribution < 1.29 is 33.4 Å². The molecule has 14 heteroatoms. The summed E-state index contributed by atoms with van der Waals surface area (Å²) < 4.78 is 15.1. The number of carbonyl (C=O) groups excluding carboxylic acids is 4. The summed E-state index contributed by atoms with van der Waals surface area (Å²) in [5, 5.41) is 3.33. The smallest absolute Gasteiger partial charge is 0.435 e. The number of carbonyl (C=O) groups is 4. The summed E-state index contributed by atoms with van der Waals surface area (Å²) in [7, 11) is 3.56. The van der Waals surface area contributed by atoms with Crippen LogP contribution in [0.4, 0.5) is 22.0 Å². The highest BCUT2D eigenvalue weighted by atomic mass is 16.7. The third-order valence-electron chi connectivity index (χ3n) is 7.55. The Kier molecular flexibility index (Phi) is 16.1. The number of amides is 2. The fourth-order valence-corrected chi connectivity index (χ4v) is 4.84. The van der Waals surface area contributed by atoms with Crippen molar-refractivity contribution >= 4 is 52.8 Å². The van der Waals surface area contributed by atoms with Crippen LogP contribution in [-0.2, 0) is 23.8 Å². The van der Waals surface area contributed by atoms with E-state index in [1.165, 1.54) is 18.7 Å². The number of benzene rings is 2. The molecular formula is C37H47N7O7. The van der Waals surface area contributed by atoms with Gasteiger partial charge < -0.3 is 30.2 Å². The predicted octanol–water partition coefficient (Wildman–Crippen LogP) is 5.57. The molecule has 1 atom stereocenters. The fourth-order valence-electron chi connectivity index (χ4n) is 4.84. The molecule has 14 nitrogen and oxygen atoms in total. The second-order valence-electron chi connectivity index (χ2n) is 11.4. The van der Waals surface area contributed by atoms with Gasteiger partial charge in [0.15, 0.2) is 0 Å². The van der Waals surface area contributed by atoms with Crippen LogP contribution in [0.25, 0.3) is 0 Å². The molecule has 2 aromatic carbocycles. The van der Waals surface area contributed by atoms with E-state index in [1.54, 1.807) is 67.8 Å². The maximum absolute atomic E-state index is 13.6. The molecule has 0 aliphatic rings. The third-order valence-corrected chi connectivity index (χ3v) is 7.55. The van der Waals surface area contributed by atoms with Crippen LogP contribution < -0.4 is 20.9 Å². The van der Waals surface area contributed by atoms with E-state index >= 15 is 0 Å². The first-order chi connectivity index (χ1) is 24.5. The van der Waals surface area contributed by atoms with E-state index < -0.39 is 24.3 Å². The summed E-state index contributed by atoms with van der Waals surface area (Å²) in [4.78, 5) is 65.0. The number of esters is 2. The van der Waals surface area contributed by atoms with E-state index in [9.17, 15) is 19.2 Å². The summed E-state index contributed by atoms with van der Waals surface area (Å²) in [5.41, 5.74) is 8.59. The van der Waals surface area contributed by atoms with Crippen molar-refractivity contribution in [2.75, 3.05) is 48.9 Å². The Hall–Kier alpha value is -5.79. The number of rotatable bonds is 17. The van der Waals surface area contributed by atoms with Crippen LogP contribution in [0.5, 0.6) is 0 Å². The lowest BCUT2D eigenvalue weighted by molar-refractivity contribution is -0.182. The number of aliphatic imine (C=N–C) groups is 2. The minimum absolute atomic E-state index is 0.00641. The molecule has 1 heterocycles. The second kappa shape index (κ2) is 20.7. The summed E-state index contributed by atoms with van der Waals surface area (Å²) in [5.74, 6) is -0.394. The maximum atomic E-state index is 13.6. The van der Waals surface area contributed by atoms with Gasteiger partial charge in [0.2, 0.25) is 6.29 Å². The van der Waals surface area contributed by atoms with E-state index in [0.717, 1.165) is 42.9 Å². The van der Waals surface area contributed by atoms with Gasteiger partial charge in [-0.15, -0.1) is 0 Å². The number of aromatic nitrogens is 1. The van der Waals surface area contributed by atoms with E-state index in [0.29, 0.717) is 30.1 Å². The number of anilines is 3. The summed E-state index contributed by atoms with van der Waals surface area (Å²) in [6, 6.07) is 19.3. The molecule has 1 aromatic heterocycles. The Morgan fingerprint density at radius 2 is 1.65 bits per heavy atom. The first-order valence-electron chi connectivity index (χ1n) is 16.8. The molecule has 0 spiro atoms. The van der Waals surface area contributed by atoms with Crippen molar-refractivity contribution in [3.63, 3.8) is 0 Å². The minimum atomic E-state index is -1.04. The molecular weight excluding hydrogens is 654 g/mol. The normalized spacial score (nSPS) is 12.0. The number of pyridine rings is 1. The molecule has 0 radical (unpaired) electrons. The Bertz CT molecular complexity index is 1650. The van der Waals surface area contributed by atoms with Crippen LogP contribution in [0.3, 0.4) is 0 Å². The van der Waals surface area contributed by atoms with E-state index in [4.69, 9.17) is 19.9 Å². The largest absolute Gasteiger partial charge is 0.448 e. The number of amidine groups is 2. The quantitative estimate of drug-likeness (QED) is 0.0591. The van der Waals surface area contributed by atoms with Gasteiger partial charge in [-0.2, -0.15) is 4.99 Å². The monoisotopic (exact) mass is 701 g/mol. The van der Waals surface area contributed by atoms with Crippen LogP contribution in [-0.4, -0.2) is 80.7 Å². The second-order valence-corrected chi connectivity index (χ2v) is 11.4. The number of hydrogen-bond acceptors (Lipinski definition) is 10. The van der Waals surface area contributed by atoms with Gasteiger partial charge >= 0.3 is 18.0 Å². The number of unbranched alkanes of at least 4 members (excludes halogenated alkanes) is 3. The number of nitrogens with zero attached hydrogens (tertiary/aromatic N) is 5. The van der Waals surface area contributed by atoms with Crippen molar-refractivity contribution in [3.05, 3.63) is 84.1 Å². The maximum Gasteiger partial charge on any atom is 0.435 e. The highest BCUT2D eigenvalue weighted by molar-refractivity contribution is 6.07. The Labute approximate surface area is 298 Å². The van der Waals surface area contributed by atoms with E-state index in [2.05, 4.69) is 27.2 Å². The van der Waals surface area contributed by atoms with Gasteiger partial charge in [-0.3, -0.25) is 24.3 Å². The Balaban J connectivity index is 1.59. The van der Waals surface area contributed by atoms with Crippen LogP contribution in [0.15, 0.2) is 82.9 Å². The zero-order chi connectivity index (χ0) is 37.2. The third kappa shape index (κ3) is 13.2. The first-order valence-corrected chi connectivity index (χ1v) is 16.8. The molecule has 3 rings (SSSR count). The van der Waals surface area contributed by atoms with Gasteiger partial charge in [0.25, 0.3) is 5.91 Å². The standard InChI is InChI=1S/C37H47N7O7/c1-6-7-8-11-24-49-37(48)42-35(38)28-13-17-30(18-14-28)41-25-33(39-4)43(5)31-19-15-29(16-20-31)36(47)44(32-12-9-10-22-40-32)23-21-34(46)51-27(3)50-26(2)45/h9-10,12-20,22,27,41H,6-8,11,21,23-25H2,1-5H3,(H2,38,42,48). The Morgan fingerprint density at radius 1 is 0.941 bits per heavy atom. The molecule has 3 aromatic rings. The number of ether oxygens (including phenoxy) is 3. The average Bonchev–Trinajstić information content (AvgIpc) is 3.12. The SMILES string of the molecule is CCCCCCOC(=O)/N=C(\N)c1ccc(NCC(=NC)N(C)c2ccc(C(=O)N(CCC(=O)OC(C)OC(C)=O)c3ccccn3)cc2)cc1. The van der Waals surface area contributed by atoms with Gasteiger partial charge in [0.1, 0.15) is 17.5 Å². The van der Waals surface area contributed by atoms with Crippen molar-refractivity contribution in [3.8, 4) is 0 Å². The molecule has 0 saturated carbocycles. The molecule has 1 unspecified atom stereocenters. The van der Waals surface area contributed by atoms with Crippen LogP contribution in [0.2, 0.25) is 0 Å². The number of nitrogens with two attached hydrogens (primary N) is 1.